The Morgan fingerprint density at radius 2 is 2.25 bits per heavy atom. The Balaban J connectivity index is 2.68. The Bertz CT molecular complexity index is 525. The van der Waals surface area contributed by atoms with Gasteiger partial charge in [-0.3, -0.25) is 15.4 Å². The first kappa shape index (κ1) is 15.9. The Kier molecular flexibility index (Phi) is 5.47. The van der Waals surface area contributed by atoms with Crippen molar-refractivity contribution in [3.05, 3.63) is 33.9 Å². The van der Waals surface area contributed by atoms with E-state index in [4.69, 9.17) is 10.00 Å². The summed E-state index contributed by atoms with van der Waals surface area (Å²) in [6, 6.07) is 6.72. The van der Waals surface area contributed by atoms with Crippen LogP contribution in [-0.2, 0) is 0 Å². The molecule has 0 aromatic heterocycles. The molecule has 1 aromatic rings. The fourth-order valence-electron chi connectivity index (χ4n) is 1.80. The van der Waals surface area contributed by atoms with E-state index >= 15 is 0 Å². The molecule has 1 unspecified atom stereocenters. The zero-order valence-corrected chi connectivity index (χ0v) is 12.0. The van der Waals surface area contributed by atoms with Gasteiger partial charge in [-0.2, -0.15) is 5.26 Å². The van der Waals surface area contributed by atoms with Crippen molar-refractivity contribution < 1.29 is 9.66 Å². The summed E-state index contributed by atoms with van der Waals surface area (Å²) in [4.78, 5) is 10.3. The van der Waals surface area contributed by atoms with Gasteiger partial charge >= 0.3 is 0 Å². The van der Waals surface area contributed by atoms with Crippen molar-refractivity contribution in [2.45, 2.75) is 32.7 Å². The molecule has 0 aliphatic rings. The van der Waals surface area contributed by atoms with Gasteiger partial charge < -0.3 is 4.74 Å². The lowest BCUT2D eigenvalue weighted by Crippen LogP contribution is -2.42. The van der Waals surface area contributed by atoms with E-state index in [-0.39, 0.29) is 5.69 Å². The van der Waals surface area contributed by atoms with Crippen molar-refractivity contribution in [3.63, 3.8) is 0 Å². The molecule has 0 fully saturated rings. The Hall–Kier alpha value is -2.13. The van der Waals surface area contributed by atoms with Gasteiger partial charge in [0, 0.05) is 12.5 Å². The molecule has 0 aliphatic heterocycles. The normalized spacial score (nSPS) is 13.3. The van der Waals surface area contributed by atoms with Crippen LogP contribution >= 0.6 is 0 Å². The lowest BCUT2D eigenvalue weighted by atomic mass is 10.0. The van der Waals surface area contributed by atoms with Crippen LogP contribution in [0.25, 0.3) is 0 Å². The van der Waals surface area contributed by atoms with E-state index in [1.165, 1.54) is 12.1 Å². The summed E-state index contributed by atoms with van der Waals surface area (Å²) in [6.07, 6.45) is 0.499. The molecule has 1 aromatic carbocycles. The molecule has 1 N–H and O–H groups in total. The van der Waals surface area contributed by atoms with Crippen LogP contribution in [-0.4, -0.2) is 23.6 Å². The smallest absolute Gasteiger partial charge is 0.273 e. The van der Waals surface area contributed by atoms with Crippen molar-refractivity contribution in [3.8, 4) is 11.8 Å². The number of hydrogen-bond donors (Lipinski definition) is 1. The molecule has 0 saturated carbocycles. The second kappa shape index (κ2) is 6.87. The van der Waals surface area contributed by atoms with Crippen LogP contribution in [0.2, 0.25) is 0 Å². The van der Waals surface area contributed by atoms with Gasteiger partial charge in [-0.15, -0.1) is 0 Å². The topological polar surface area (TPSA) is 88.2 Å². The maximum Gasteiger partial charge on any atom is 0.273 e. The summed E-state index contributed by atoms with van der Waals surface area (Å²) in [6.45, 7) is 6.58. The number of rotatable bonds is 7. The standard InChI is InChI=1S/C14H19N3O3/c1-4-16-14(3,10-15)7-8-20-13-9-12(17(18)19)6-5-11(13)2/h5-6,9,16H,4,7-8H2,1-3H3. The van der Waals surface area contributed by atoms with Gasteiger partial charge in [0.05, 0.1) is 23.7 Å². The molecular formula is C14H19N3O3. The molecular weight excluding hydrogens is 258 g/mol. The highest BCUT2D eigenvalue weighted by atomic mass is 16.6. The zero-order valence-electron chi connectivity index (χ0n) is 12.0. The molecule has 1 rings (SSSR count). The average Bonchev–Trinajstić information content (AvgIpc) is 2.41. The quantitative estimate of drug-likeness (QED) is 0.611. The van der Waals surface area contributed by atoms with Crippen LogP contribution in [0.3, 0.4) is 0 Å². The van der Waals surface area contributed by atoms with Gasteiger partial charge in [0.15, 0.2) is 0 Å². The Labute approximate surface area is 118 Å². The van der Waals surface area contributed by atoms with E-state index in [9.17, 15) is 10.1 Å². The lowest BCUT2D eigenvalue weighted by molar-refractivity contribution is -0.384. The fourth-order valence-corrected chi connectivity index (χ4v) is 1.80. The van der Waals surface area contributed by atoms with Crippen molar-refractivity contribution in [1.82, 2.24) is 5.32 Å². The van der Waals surface area contributed by atoms with Gasteiger partial charge in [0.25, 0.3) is 5.69 Å². The molecule has 6 heteroatoms. The maximum absolute atomic E-state index is 10.7. The average molecular weight is 277 g/mol. The summed E-state index contributed by atoms with van der Waals surface area (Å²) in [5.41, 5.74) is 0.182. The van der Waals surface area contributed by atoms with Crippen LogP contribution in [0.5, 0.6) is 5.75 Å². The predicted molar refractivity (Wildman–Crippen MR) is 75.6 cm³/mol. The third-order valence-corrected chi connectivity index (χ3v) is 3.06. The minimum absolute atomic E-state index is 0.000304. The van der Waals surface area contributed by atoms with Crippen LogP contribution < -0.4 is 10.1 Å². The number of nitrogens with one attached hydrogen (secondary N) is 1. The molecule has 108 valence electrons. The van der Waals surface area contributed by atoms with Gasteiger partial charge in [0.2, 0.25) is 0 Å². The highest BCUT2D eigenvalue weighted by Crippen LogP contribution is 2.24. The van der Waals surface area contributed by atoms with E-state index in [2.05, 4.69) is 11.4 Å². The maximum atomic E-state index is 10.7. The first-order valence-corrected chi connectivity index (χ1v) is 6.46. The van der Waals surface area contributed by atoms with Crippen molar-refractivity contribution in [1.29, 1.82) is 5.26 Å². The third-order valence-electron chi connectivity index (χ3n) is 3.06. The number of nitro groups is 1. The predicted octanol–water partition coefficient (Wildman–Crippen LogP) is 2.56. The van der Waals surface area contributed by atoms with Gasteiger partial charge in [-0.25, -0.2) is 0 Å². The molecule has 0 spiro atoms. The molecule has 0 bridgehead atoms. The third kappa shape index (κ3) is 4.21. The molecule has 0 amide bonds. The van der Waals surface area contributed by atoms with Crippen molar-refractivity contribution in [2.75, 3.05) is 13.2 Å². The number of aryl methyl sites for hydroxylation is 1. The van der Waals surface area contributed by atoms with E-state index in [0.29, 0.717) is 25.3 Å². The van der Waals surface area contributed by atoms with E-state index in [0.717, 1.165) is 5.56 Å². The minimum Gasteiger partial charge on any atom is -0.493 e. The van der Waals surface area contributed by atoms with Gasteiger partial charge in [0.1, 0.15) is 11.3 Å². The number of benzene rings is 1. The molecule has 0 aliphatic carbocycles. The first-order valence-electron chi connectivity index (χ1n) is 6.46. The Morgan fingerprint density at radius 1 is 1.55 bits per heavy atom. The molecule has 1 atom stereocenters. The summed E-state index contributed by atoms with van der Waals surface area (Å²) in [7, 11) is 0. The minimum atomic E-state index is -0.649. The summed E-state index contributed by atoms with van der Waals surface area (Å²) >= 11 is 0. The number of nitriles is 1. The van der Waals surface area contributed by atoms with Crippen molar-refractivity contribution in [2.24, 2.45) is 0 Å². The first-order chi connectivity index (χ1) is 9.41. The number of nitrogens with zero attached hydrogens (tertiary/aromatic N) is 2. The van der Waals surface area contributed by atoms with Crippen molar-refractivity contribution >= 4 is 5.69 Å². The molecule has 6 nitrogen and oxygen atoms in total. The molecule has 0 saturated heterocycles. The summed E-state index contributed by atoms with van der Waals surface area (Å²) in [5.74, 6) is 0.482. The summed E-state index contributed by atoms with van der Waals surface area (Å²) in [5, 5.41) is 22.9. The van der Waals surface area contributed by atoms with Crippen LogP contribution in [0, 0.1) is 28.4 Å². The van der Waals surface area contributed by atoms with E-state index < -0.39 is 10.5 Å². The van der Waals surface area contributed by atoms with E-state index in [1.807, 2.05) is 13.8 Å². The van der Waals surface area contributed by atoms with Gasteiger partial charge in [-0.1, -0.05) is 6.92 Å². The second-order valence-electron chi connectivity index (χ2n) is 4.78. The Morgan fingerprint density at radius 3 is 2.80 bits per heavy atom. The molecule has 0 radical (unpaired) electrons. The van der Waals surface area contributed by atoms with Gasteiger partial charge in [-0.05, 0) is 32.0 Å². The largest absolute Gasteiger partial charge is 0.493 e. The van der Waals surface area contributed by atoms with Crippen LogP contribution in [0.15, 0.2) is 18.2 Å². The number of ether oxygens (including phenoxy) is 1. The highest BCUT2D eigenvalue weighted by Gasteiger charge is 2.22. The monoisotopic (exact) mass is 277 g/mol. The number of hydrogen-bond acceptors (Lipinski definition) is 5. The molecule has 0 heterocycles. The van der Waals surface area contributed by atoms with Crippen LogP contribution in [0.1, 0.15) is 25.8 Å². The second-order valence-corrected chi connectivity index (χ2v) is 4.78. The number of non-ortho nitro benzene ring substituents is 1. The zero-order chi connectivity index (χ0) is 15.2. The SMILES string of the molecule is CCNC(C)(C#N)CCOc1cc([N+](=O)[O-])ccc1C. The summed E-state index contributed by atoms with van der Waals surface area (Å²) < 4.78 is 5.58. The highest BCUT2D eigenvalue weighted by molar-refractivity contribution is 5.43. The molecule has 20 heavy (non-hydrogen) atoms. The number of nitro benzene ring substituents is 1. The van der Waals surface area contributed by atoms with Crippen LogP contribution in [0.4, 0.5) is 5.69 Å². The van der Waals surface area contributed by atoms with E-state index in [1.54, 1.807) is 13.0 Å². The fraction of sp³-hybridized carbons (Fsp3) is 0.500. The lowest BCUT2D eigenvalue weighted by Gasteiger charge is -2.22.